The lowest BCUT2D eigenvalue weighted by atomic mass is 10.1. The van der Waals surface area contributed by atoms with Gasteiger partial charge in [0.05, 0.1) is 17.1 Å². The first-order valence-electron chi connectivity index (χ1n) is 5.97. The Labute approximate surface area is 120 Å². The average molecular weight is 293 g/mol. The van der Waals surface area contributed by atoms with Gasteiger partial charge in [0, 0.05) is 17.0 Å². The van der Waals surface area contributed by atoms with Gasteiger partial charge in [0.1, 0.15) is 0 Å². The molecule has 0 aliphatic heterocycles. The monoisotopic (exact) mass is 292 g/mol. The molecule has 0 saturated heterocycles. The van der Waals surface area contributed by atoms with E-state index < -0.39 is 11.7 Å². The van der Waals surface area contributed by atoms with Crippen molar-refractivity contribution in [2.24, 2.45) is 0 Å². The van der Waals surface area contributed by atoms with Crippen molar-refractivity contribution in [3.8, 4) is 5.69 Å². The fourth-order valence-corrected chi connectivity index (χ4v) is 2.35. The van der Waals surface area contributed by atoms with Crippen molar-refractivity contribution in [3.05, 3.63) is 56.7 Å². The van der Waals surface area contributed by atoms with Gasteiger partial charge in [-0.05, 0) is 26.0 Å². The Morgan fingerprint density at radius 1 is 1.35 bits per heavy atom. The summed E-state index contributed by atoms with van der Waals surface area (Å²) < 4.78 is 1.34. The molecule has 0 spiro atoms. The molecule has 0 bridgehead atoms. The van der Waals surface area contributed by atoms with Gasteiger partial charge < -0.3 is 5.11 Å². The molecule has 0 fully saturated rings. The summed E-state index contributed by atoms with van der Waals surface area (Å²) in [7, 11) is 0. The third-order valence-corrected chi connectivity index (χ3v) is 3.40. The second-order valence-corrected chi connectivity index (χ2v) is 4.81. The van der Waals surface area contributed by atoms with E-state index in [0.717, 1.165) is 0 Å². The highest BCUT2D eigenvalue weighted by Crippen LogP contribution is 2.21. The van der Waals surface area contributed by atoms with Crippen molar-refractivity contribution < 1.29 is 9.90 Å². The van der Waals surface area contributed by atoms with Gasteiger partial charge in [-0.15, -0.1) is 0 Å². The van der Waals surface area contributed by atoms with Gasteiger partial charge in [0.2, 0.25) is 0 Å². The normalized spacial score (nSPS) is 10.6. The van der Waals surface area contributed by atoms with E-state index >= 15 is 0 Å². The fourth-order valence-electron chi connectivity index (χ4n) is 2.13. The fraction of sp³-hybridized carbons (Fsp3) is 0.214. The highest BCUT2D eigenvalue weighted by molar-refractivity contribution is 6.32. The molecule has 20 heavy (non-hydrogen) atoms. The van der Waals surface area contributed by atoms with Crippen LogP contribution in [0.15, 0.2) is 29.1 Å². The molecule has 0 radical (unpaired) electrons. The molecule has 0 aliphatic rings. The van der Waals surface area contributed by atoms with Gasteiger partial charge in [0.25, 0.3) is 0 Å². The van der Waals surface area contributed by atoms with Crippen LogP contribution in [-0.2, 0) is 11.2 Å². The zero-order valence-corrected chi connectivity index (χ0v) is 11.8. The molecule has 2 rings (SSSR count). The number of benzene rings is 1. The lowest BCUT2D eigenvalue weighted by molar-refractivity contribution is -0.136. The van der Waals surface area contributed by atoms with E-state index in [1.807, 2.05) is 0 Å². The minimum atomic E-state index is -0.970. The Morgan fingerprint density at radius 3 is 2.60 bits per heavy atom. The average Bonchev–Trinajstić information content (AvgIpc) is 2.36. The number of aryl methyl sites for hydroxylation is 1. The number of carboxylic acids is 1. The highest BCUT2D eigenvalue weighted by Gasteiger charge is 2.16. The largest absolute Gasteiger partial charge is 0.481 e. The van der Waals surface area contributed by atoms with Crippen LogP contribution < -0.4 is 5.69 Å². The van der Waals surface area contributed by atoms with E-state index in [1.54, 1.807) is 38.1 Å². The van der Waals surface area contributed by atoms with Gasteiger partial charge >= 0.3 is 11.7 Å². The minimum absolute atomic E-state index is 0.185. The standard InChI is InChI=1S/C14H13ClN2O3/c1-8-10(7-13(18)19)9(2)17(14(20)16-8)12-6-4-3-5-11(12)15/h3-6H,7H2,1-2H3,(H,18,19). The topological polar surface area (TPSA) is 72.2 Å². The molecule has 104 valence electrons. The molecule has 1 heterocycles. The lowest BCUT2D eigenvalue weighted by Gasteiger charge is -2.15. The second-order valence-electron chi connectivity index (χ2n) is 4.40. The summed E-state index contributed by atoms with van der Waals surface area (Å²) in [6.07, 6.45) is -0.185. The number of nitrogens with zero attached hydrogens (tertiary/aromatic N) is 2. The van der Waals surface area contributed by atoms with Crippen molar-refractivity contribution >= 4 is 17.6 Å². The van der Waals surface area contributed by atoms with Crippen LogP contribution in [-0.4, -0.2) is 20.6 Å². The Hall–Kier alpha value is -2.14. The maximum Gasteiger partial charge on any atom is 0.352 e. The Bertz CT molecular complexity index is 738. The molecular formula is C14H13ClN2O3. The Kier molecular flexibility index (Phi) is 3.90. The number of hydrogen-bond acceptors (Lipinski definition) is 3. The summed E-state index contributed by atoms with van der Waals surface area (Å²) in [5.74, 6) is -0.970. The first kappa shape index (κ1) is 14.3. The molecule has 0 atom stereocenters. The number of aromatic nitrogens is 2. The Balaban J connectivity index is 2.74. The molecular weight excluding hydrogens is 280 g/mol. The number of rotatable bonds is 3. The van der Waals surface area contributed by atoms with Crippen LogP contribution in [0, 0.1) is 13.8 Å². The van der Waals surface area contributed by atoms with Gasteiger partial charge in [-0.1, -0.05) is 23.7 Å². The van der Waals surface area contributed by atoms with E-state index in [0.29, 0.717) is 27.7 Å². The molecule has 6 heteroatoms. The molecule has 0 amide bonds. The van der Waals surface area contributed by atoms with E-state index in [2.05, 4.69) is 4.98 Å². The predicted octanol–water partition coefficient (Wildman–Crippen LogP) is 2.13. The smallest absolute Gasteiger partial charge is 0.352 e. The molecule has 2 aromatic rings. The molecule has 0 unspecified atom stereocenters. The number of para-hydroxylation sites is 1. The van der Waals surface area contributed by atoms with Crippen LogP contribution in [0.5, 0.6) is 0 Å². The summed E-state index contributed by atoms with van der Waals surface area (Å²) >= 11 is 6.10. The first-order chi connectivity index (χ1) is 9.41. The molecule has 0 aliphatic carbocycles. The minimum Gasteiger partial charge on any atom is -0.481 e. The van der Waals surface area contributed by atoms with E-state index in [1.165, 1.54) is 4.57 Å². The van der Waals surface area contributed by atoms with Gasteiger partial charge in [-0.25, -0.2) is 4.79 Å². The SMILES string of the molecule is Cc1nc(=O)n(-c2ccccc2Cl)c(C)c1CC(=O)O. The molecule has 1 N–H and O–H groups in total. The quantitative estimate of drug-likeness (QED) is 0.940. The summed E-state index contributed by atoms with van der Waals surface area (Å²) in [5.41, 5.74) is 1.52. The van der Waals surface area contributed by atoms with Crippen LogP contribution in [0.2, 0.25) is 5.02 Å². The summed E-state index contributed by atoms with van der Waals surface area (Å²) in [6, 6.07) is 6.87. The number of carbonyl (C=O) groups is 1. The summed E-state index contributed by atoms with van der Waals surface area (Å²) in [5, 5.41) is 9.37. The summed E-state index contributed by atoms with van der Waals surface area (Å²) in [4.78, 5) is 26.9. The zero-order valence-electron chi connectivity index (χ0n) is 11.1. The van der Waals surface area contributed by atoms with Crippen molar-refractivity contribution in [3.63, 3.8) is 0 Å². The molecule has 1 aromatic heterocycles. The molecule has 1 aromatic carbocycles. The molecule has 0 saturated carbocycles. The van der Waals surface area contributed by atoms with Gasteiger partial charge in [0.15, 0.2) is 0 Å². The van der Waals surface area contributed by atoms with Crippen molar-refractivity contribution in [2.75, 3.05) is 0 Å². The van der Waals surface area contributed by atoms with Crippen molar-refractivity contribution in [2.45, 2.75) is 20.3 Å². The predicted molar refractivity (Wildman–Crippen MR) is 75.7 cm³/mol. The number of hydrogen-bond donors (Lipinski definition) is 1. The zero-order chi connectivity index (χ0) is 14.9. The number of carboxylic acid groups (broad SMARTS) is 1. The maximum absolute atomic E-state index is 12.1. The summed E-state index contributed by atoms with van der Waals surface area (Å²) in [6.45, 7) is 3.32. The third-order valence-electron chi connectivity index (χ3n) is 3.08. The lowest BCUT2D eigenvalue weighted by Crippen LogP contribution is -2.27. The van der Waals surface area contributed by atoms with E-state index in [4.69, 9.17) is 16.7 Å². The van der Waals surface area contributed by atoms with Crippen molar-refractivity contribution in [1.82, 2.24) is 9.55 Å². The van der Waals surface area contributed by atoms with Gasteiger partial charge in [-0.2, -0.15) is 4.98 Å². The van der Waals surface area contributed by atoms with E-state index in [9.17, 15) is 9.59 Å². The van der Waals surface area contributed by atoms with Crippen LogP contribution in [0.3, 0.4) is 0 Å². The maximum atomic E-state index is 12.1. The van der Waals surface area contributed by atoms with Crippen LogP contribution in [0.4, 0.5) is 0 Å². The van der Waals surface area contributed by atoms with Crippen LogP contribution in [0.1, 0.15) is 17.0 Å². The van der Waals surface area contributed by atoms with Gasteiger partial charge in [-0.3, -0.25) is 9.36 Å². The highest BCUT2D eigenvalue weighted by atomic mass is 35.5. The van der Waals surface area contributed by atoms with Crippen LogP contribution in [0.25, 0.3) is 5.69 Å². The van der Waals surface area contributed by atoms with Crippen molar-refractivity contribution in [1.29, 1.82) is 0 Å². The number of aliphatic carboxylic acids is 1. The molecule has 5 nitrogen and oxygen atoms in total. The first-order valence-corrected chi connectivity index (χ1v) is 6.35. The third kappa shape index (κ3) is 2.58. The van der Waals surface area contributed by atoms with E-state index in [-0.39, 0.29) is 6.42 Å². The Morgan fingerprint density at radius 2 is 2.00 bits per heavy atom. The number of halogens is 1. The second kappa shape index (κ2) is 5.46. The van der Waals surface area contributed by atoms with Crippen LogP contribution >= 0.6 is 11.6 Å².